The van der Waals surface area contributed by atoms with E-state index in [-0.39, 0.29) is 23.2 Å². The van der Waals surface area contributed by atoms with Crippen molar-refractivity contribution in [3.63, 3.8) is 0 Å². The Morgan fingerprint density at radius 3 is 2.53 bits per heavy atom. The van der Waals surface area contributed by atoms with Crippen LogP contribution in [0.1, 0.15) is 36.5 Å². The predicted octanol–water partition coefficient (Wildman–Crippen LogP) is 3.14. The molecule has 182 valence electrons. The van der Waals surface area contributed by atoms with Gasteiger partial charge in [-0.2, -0.15) is 17.9 Å². The number of hydrogen-bond donors (Lipinski definition) is 3. The lowest BCUT2D eigenvalue weighted by molar-refractivity contribution is -0.147. The third kappa shape index (κ3) is 4.71. The van der Waals surface area contributed by atoms with Crippen molar-refractivity contribution in [2.45, 2.75) is 49.3 Å². The summed E-state index contributed by atoms with van der Waals surface area (Å²) in [5, 5.41) is 3.45. The molecular formula is C21H22F3N5O4S. The summed E-state index contributed by atoms with van der Waals surface area (Å²) in [6, 6.07) is 1.88. The molecule has 13 heteroatoms. The number of pyridine rings is 2. The fourth-order valence-corrected chi connectivity index (χ4v) is 4.63. The van der Waals surface area contributed by atoms with Crippen molar-refractivity contribution in [1.82, 2.24) is 25.0 Å². The first kappa shape index (κ1) is 24.0. The highest BCUT2D eigenvalue weighted by Crippen LogP contribution is 2.32. The van der Waals surface area contributed by atoms with Crippen LogP contribution in [0.4, 0.5) is 13.2 Å². The van der Waals surface area contributed by atoms with Crippen molar-refractivity contribution in [3.05, 3.63) is 36.2 Å². The molecule has 3 aromatic rings. The Labute approximate surface area is 193 Å². The molecule has 1 amide bonds. The highest BCUT2D eigenvalue weighted by molar-refractivity contribution is 7.89. The van der Waals surface area contributed by atoms with E-state index in [0.717, 1.165) is 31.5 Å². The fourth-order valence-electron chi connectivity index (χ4n) is 3.46. The number of alkyl halides is 3. The second-order valence-electron chi connectivity index (χ2n) is 8.01. The topological polar surface area (TPSA) is 126 Å². The standard InChI is InChI=1S/C21H22F3N5O4S/c1-11(21(22,23)24)29-34(31,32)14-6-7-16(25-10-14)18-17(20(30)27-12-4-3-5-12)15-8-13(33-2)9-26-19(15)28-18/h6-12,29H,3-5H2,1-2H3,(H,26,28)(H,27,30)/t11-/m0/s1. The summed E-state index contributed by atoms with van der Waals surface area (Å²) in [5.74, 6) is 0.0928. The average Bonchev–Trinajstić information content (AvgIpc) is 3.14. The number of amides is 1. The summed E-state index contributed by atoms with van der Waals surface area (Å²) < 4.78 is 69.8. The molecular weight excluding hydrogens is 475 g/mol. The van der Waals surface area contributed by atoms with Crippen molar-refractivity contribution in [3.8, 4) is 17.1 Å². The van der Waals surface area contributed by atoms with Crippen LogP contribution in [0, 0.1) is 0 Å². The number of halogens is 3. The number of methoxy groups -OCH3 is 1. The van der Waals surface area contributed by atoms with E-state index < -0.39 is 27.1 Å². The molecule has 0 aliphatic heterocycles. The van der Waals surface area contributed by atoms with E-state index in [1.807, 2.05) is 0 Å². The third-order valence-electron chi connectivity index (χ3n) is 5.65. The van der Waals surface area contributed by atoms with Gasteiger partial charge in [0, 0.05) is 17.6 Å². The van der Waals surface area contributed by atoms with E-state index in [1.165, 1.54) is 19.4 Å². The fraction of sp³-hybridized carbons (Fsp3) is 0.381. The molecule has 0 spiro atoms. The predicted molar refractivity (Wildman–Crippen MR) is 117 cm³/mol. The molecule has 4 rings (SSSR count). The molecule has 0 aromatic carbocycles. The van der Waals surface area contributed by atoms with Gasteiger partial charge in [0.15, 0.2) is 0 Å². The minimum atomic E-state index is -4.73. The van der Waals surface area contributed by atoms with Crippen molar-refractivity contribution < 1.29 is 31.1 Å². The Hall–Kier alpha value is -3.19. The van der Waals surface area contributed by atoms with Gasteiger partial charge in [0.25, 0.3) is 5.91 Å². The summed E-state index contributed by atoms with van der Waals surface area (Å²) in [6.45, 7) is 0.706. The van der Waals surface area contributed by atoms with Crippen LogP contribution >= 0.6 is 0 Å². The van der Waals surface area contributed by atoms with Crippen LogP contribution < -0.4 is 14.8 Å². The van der Waals surface area contributed by atoms with Crippen LogP contribution in [-0.2, 0) is 10.0 Å². The van der Waals surface area contributed by atoms with Crippen molar-refractivity contribution in [2.24, 2.45) is 0 Å². The minimum Gasteiger partial charge on any atom is -0.495 e. The molecule has 1 fully saturated rings. The molecule has 1 aliphatic rings. The zero-order valence-electron chi connectivity index (χ0n) is 18.2. The molecule has 0 radical (unpaired) electrons. The lowest BCUT2D eigenvalue weighted by Crippen LogP contribution is -2.42. The zero-order chi connectivity index (χ0) is 24.7. The average molecular weight is 497 g/mol. The van der Waals surface area contributed by atoms with Gasteiger partial charge in [0.2, 0.25) is 10.0 Å². The first-order valence-corrected chi connectivity index (χ1v) is 11.9. The Bertz CT molecular complexity index is 1320. The first-order chi connectivity index (χ1) is 16.0. The molecule has 3 aromatic heterocycles. The molecule has 3 N–H and O–H groups in total. The number of H-pyrrole nitrogens is 1. The van der Waals surface area contributed by atoms with E-state index in [4.69, 9.17) is 4.74 Å². The second-order valence-corrected chi connectivity index (χ2v) is 9.73. The summed E-state index contributed by atoms with van der Waals surface area (Å²) in [4.78, 5) is 24.1. The Balaban J connectivity index is 1.71. The van der Waals surface area contributed by atoms with Gasteiger partial charge in [-0.05, 0) is 44.4 Å². The quantitative estimate of drug-likeness (QED) is 0.461. The molecule has 9 nitrogen and oxygen atoms in total. The van der Waals surface area contributed by atoms with E-state index in [9.17, 15) is 26.4 Å². The van der Waals surface area contributed by atoms with Crippen LogP contribution in [-0.4, -0.2) is 54.6 Å². The number of aromatic amines is 1. The van der Waals surface area contributed by atoms with Crippen LogP contribution in [0.5, 0.6) is 5.75 Å². The molecule has 34 heavy (non-hydrogen) atoms. The van der Waals surface area contributed by atoms with Crippen LogP contribution in [0.3, 0.4) is 0 Å². The van der Waals surface area contributed by atoms with Gasteiger partial charge in [-0.3, -0.25) is 9.78 Å². The van der Waals surface area contributed by atoms with E-state index >= 15 is 0 Å². The Morgan fingerprint density at radius 2 is 1.97 bits per heavy atom. The summed E-state index contributed by atoms with van der Waals surface area (Å²) in [5.41, 5.74) is 1.18. The molecule has 0 bridgehead atoms. The lowest BCUT2D eigenvalue weighted by atomic mass is 9.92. The molecule has 3 heterocycles. The highest BCUT2D eigenvalue weighted by atomic mass is 32.2. The first-order valence-electron chi connectivity index (χ1n) is 10.4. The normalized spacial score (nSPS) is 15.7. The highest BCUT2D eigenvalue weighted by Gasteiger charge is 2.39. The van der Waals surface area contributed by atoms with Gasteiger partial charge < -0.3 is 15.0 Å². The smallest absolute Gasteiger partial charge is 0.404 e. The maximum Gasteiger partial charge on any atom is 0.404 e. The van der Waals surface area contributed by atoms with E-state index in [2.05, 4.69) is 20.3 Å². The number of aromatic nitrogens is 3. The summed E-state index contributed by atoms with van der Waals surface area (Å²) in [7, 11) is -2.99. The van der Waals surface area contributed by atoms with Gasteiger partial charge in [0.05, 0.1) is 30.3 Å². The Morgan fingerprint density at radius 1 is 1.24 bits per heavy atom. The minimum absolute atomic E-state index is 0.0611. The number of carbonyl (C=O) groups excluding carboxylic acids is 1. The van der Waals surface area contributed by atoms with Crippen LogP contribution in [0.15, 0.2) is 35.5 Å². The molecule has 0 saturated heterocycles. The monoisotopic (exact) mass is 497 g/mol. The number of ether oxygens (including phenoxy) is 1. The number of rotatable bonds is 7. The van der Waals surface area contributed by atoms with Gasteiger partial charge in [0.1, 0.15) is 22.3 Å². The van der Waals surface area contributed by atoms with Crippen molar-refractivity contribution >= 4 is 27.0 Å². The summed E-state index contributed by atoms with van der Waals surface area (Å²) >= 11 is 0. The third-order valence-corrected chi connectivity index (χ3v) is 7.18. The number of fused-ring (bicyclic) bond motifs is 1. The van der Waals surface area contributed by atoms with Gasteiger partial charge >= 0.3 is 6.18 Å². The van der Waals surface area contributed by atoms with Crippen LogP contribution in [0.2, 0.25) is 0 Å². The lowest BCUT2D eigenvalue weighted by Gasteiger charge is -2.26. The molecule has 1 aliphatic carbocycles. The molecule has 0 unspecified atom stereocenters. The van der Waals surface area contributed by atoms with Crippen LogP contribution in [0.25, 0.3) is 22.4 Å². The number of sulfonamides is 1. The van der Waals surface area contributed by atoms with E-state index in [1.54, 1.807) is 10.8 Å². The molecule has 1 saturated carbocycles. The number of nitrogens with zero attached hydrogens (tertiary/aromatic N) is 2. The van der Waals surface area contributed by atoms with Gasteiger partial charge in [-0.15, -0.1) is 0 Å². The number of nitrogens with one attached hydrogen (secondary N) is 3. The van der Waals surface area contributed by atoms with Gasteiger partial charge in [-0.25, -0.2) is 13.4 Å². The summed E-state index contributed by atoms with van der Waals surface area (Å²) in [6.07, 6.45) is 0.458. The largest absolute Gasteiger partial charge is 0.495 e. The Kier molecular flexibility index (Phi) is 6.25. The number of carbonyl (C=O) groups is 1. The van der Waals surface area contributed by atoms with Crippen molar-refractivity contribution in [1.29, 1.82) is 0 Å². The second kappa shape index (κ2) is 8.87. The maximum atomic E-state index is 13.1. The maximum absolute atomic E-state index is 13.1. The number of hydrogen-bond acceptors (Lipinski definition) is 6. The van der Waals surface area contributed by atoms with E-state index in [0.29, 0.717) is 29.4 Å². The van der Waals surface area contributed by atoms with Gasteiger partial charge in [-0.1, -0.05) is 0 Å². The van der Waals surface area contributed by atoms with Crippen molar-refractivity contribution in [2.75, 3.05) is 7.11 Å². The molecule has 1 atom stereocenters. The SMILES string of the molecule is COc1cnc2[nH]c(-c3ccc(S(=O)(=O)N[C@@H](C)C(F)(F)F)cn3)c(C(=O)NC3CCC3)c2c1. The zero-order valence-corrected chi connectivity index (χ0v) is 19.0.